The Morgan fingerprint density at radius 3 is 2.44 bits per heavy atom. The van der Waals surface area contributed by atoms with Crippen molar-refractivity contribution in [1.82, 2.24) is 0 Å². The van der Waals surface area contributed by atoms with E-state index in [0.717, 1.165) is 20.8 Å². The van der Waals surface area contributed by atoms with Gasteiger partial charge in [-0.25, -0.2) is 0 Å². The van der Waals surface area contributed by atoms with E-state index < -0.39 is 5.97 Å². The standard InChI is InChI=1S/C20H16BrNO3/c21-16-10-8-14(9-11-16)12-20(24)25-13-19(23)22-18-7-3-5-15-4-1-2-6-17(15)18/h1-11H,12-13H2,(H,22,23). The predicted octanol–water partition coefficient (Wildman–Crippen LogP) is 4.33. The maximum Gasteiger partial charge on any atom is 0.310 e. The Kier molecular flexibility index (Phi) is 5.46. The fraction of sp³-hybridized carbons (Fsp3) is 0.100. The minimum Gasteiger partial charge on any atom is -0.455 e. The van der Waals surface area contributed by atoms with E-state index >= 15 is 0 Å². The molecule has 126 valence electrons. The number of hydrogen-bond donors (Lipinski definition) is 1. The molecule has 0 atom stereocenters. The lowest BCUT2D eigenvalue weighted by molar-refractivity contribution is -0.146. The predicted molar refractivity (Wildman–Crippen MR) is 101 cm³/mol. The molecule has 0 bridgehead atoms. The zero-order chi connectivity index (χ0) is 17.6. The summed E-state index contributed by atoms with van der Waals surface area (Å²) in [5.74, 6) is -0.795. The zero-order valence-electron chi connectivity index (χ0n) is 13.4. The molecule has 3 aromatic carbocycles. The molecule has 3 rings (SSSR count). The Hall–Kier alpha value is -2.66. The van der Waals surface area contributed by atoms with Crippen LogP contribution in [0.4, 0.5) is 5.69 Å². The van der Waals surface area contributed by atoms with Crippen LogP contribution >= 0.6 is 15.9 Å². The second kappa shape index (κ2) is 7.94. The summed E-state index contributed by atoms with van der Waals surface area (Å²) in [6.07, 6.45) is 0.134. The summed E-state index contributed by atoms with van der Waals surface area (Å²) in [7, 11) is 0. The maximum atomic E-state index is 12.1. The lowest BCUT2D eigenvalue weighted by Crippen LogP contribution is -2.21. The van der Waals surface area contributed by atoms with Gasteiger partial charge in [0.2, 0.25) is 0 Å². The number of esters is 1. The van der Waals surface area contributed by atoms with Crippen LogP contribution in [0.1, 0.15) is 5.56 Å². The van der Waals surface area contributed by atoms with Gasteiger partial charge >= 0.3 is 5.97 Å². The van der Waals surface area contributed by atoms with Crippen molar-refractivity contribution in [3.8, 4) is 0 Å². The number of nitrogens with one attached hydrogen (secondary N) is 1. The van der Waals surface area contributed by atoms with Gasteiger partial charge in [-0.1, -0.05) is 64.5 Å². The minimum absolute atomic E-state index is 0.134. The van der Waals surface area contributed by atoms with Gasteiger partial charge in [-0.05, 0) is 29.1 Å². The van der Waals surface area contributed by atoms with Crippen molar-refractivity contribution in [2.24, 2.45) is 0 Å². The highest BCUT2D eigenvalue weighted by atomic mass is 79.9. The van der Waals surface area contributed by atoms with Crippen LogP contribution in [0, 0.1) is 0 Å². The molecule has 0 fully saturated rings. The second-order valence-electron chi connectivity index (χ2n) is 5.54. The molecule has 0 saturated carbocycles. The summed E-state index contributed by atoms with van der Waals surface area (Å²) in [5, 5.41) is 4.77. The molecule has 1 N–H and O–H groups in total. The lowest BCUT2D eigenvalue weighted by Gasteiger charge is -2.09. The third-order valence-corrected chi connectivity index (χ3v) is 4.22. The molecule has 0 radical (unpaired) electrons. The lowest BCUT2D eigenvalue weighted by atomic mass is 10.1. The van der Waals surface area contributed by atoms with Crippen LogP contribution in [0.25, 0.3) is 10.8 Å². The van der Waals surface area contributed by atoms with Gasteiger partial charge in [-0.2, -0.15) is 0 Å². The number of ether oxygens (including phenoxy) is 1. The van der Waals surface area contributed by atoms with Gasteiger partial charge in [0.25, 0.3) is 5.91 Å². The molecule has 0 saturated heterocycles. The topological polar surface area (TPSA) is 55.4 Å². The number of benzene rings is 3. The number of rotatable bonds is 5. The summed E-state index contributed by atoms with van der Waals surface area (Å²) in [4.78, 5) is 23.9. The molecule has 0 aliphatic rings. The Morgan fingerprint density at radius 1 is 0.920 bits per heavy atom. The summed E-state index contributed by atoms with van der Waals surface area (Å²) < 4.78 is 6.00. The van der Waals surface area contributed by atoms with Crippen LogP contribution in [0.5, 0.6) is 0 Å². The molecule has 0 aliphatic carbocycles. The smallest absolute Gasteiger partial charge is 0.310 e. The van der Waals surface area contributed by atoms with Gasteiger partial charge in [0.1, 0.15) is 0 Å². The summed E-state index contributed by atoms with van der Waals surface area (Å²) in [6, 6.07) is 20.8. The van der Waals surface area contributed by atoms with Crippen molar-refractivity contribution in [2.75, 3.05) is 11.9 Å². The van der Waals surface area contributed by atoms with E-state index in [1.807, 2.05) is 66.7 Å². The number of anilines is 1. The quantitative estimate of drug-likeness (QED) is 0.651. The summed E-state index contributed by atoms with van der Waals surface area (Å²) >= 11 is 3.34. The number of halogens is 1. The number of amides is 1. The van der Waals surface area contributed by atoms with E-state index in [1.54, 1.807) is 0 Å². The average molecular weight is 398 g/mol. The van der Waals surface area contributed by atoms with Crippen LogP contribution in [-0.4, -0.2) is 18.5 Å². The number of fused-ring (bicyclic) bond motifs is 1. The molecule has 0 aliphatic heterocycles. The Labute approximate surface area is 153 Å². The van der Waals surface area contributed by atoms with Gasteiger partial charge < -0.3 is 10.1 Å². The summed E-state index contributed by atoms with van der Waals surface area (Å²) in [5.41, 5.74) is 1.54. The first-order valence-corrected chi connectivity index (χ1v) is 8.59. The SMILES string of the molecule is O=C(COC(=O)Cc1ccc(Br)cc1)Nc1cccc2ccccc12. The fourth-order valence-corrected chi connectivity index (χ4v) is 2.75. The number of hydrogen-bond acceptors (Lipinski definition) is 3. The molecule has 5 heteroatoms. The minimum atomic E-state index is -0.435. The molecule has 0 heterocycles. The molecule has 0 unspecified atom stereocenters. The molecule has 1 amide bonds. The van der Waals surface area contributed by atoms with Gasteiger partial charge in [-0.3, -0.25) is 9.59 Å². The molecular weight excluding hydrogens is 382 g/mol. The highest BCUT2D eigenvalue weighted by molar-refractivity contribution is 9.10. The maximum absolute atomic E-state index is 12.1. The van der Waals surface area contributed by atoms with Gasteiger partial charge in [0.15, 0.2) is 6.61 Å². The van der Waals surface area contributed by atoms with Crippen LogP contribution in [0.15, 0.2) is 71.2 Å². The van der Waals surface area contributed by atoms with Crippen LogP contribution in [0.2, 0.25) is 0 Å². The van der Waals surface area contributed by atoms with Crippen molar-refractivity contribution in [3.05, 3.63) is 76.8 Å². The van der Waals surface area contributed by atoms with Crippen molar-refractivity contribution in [3.63, 3.8) is 0 Å². The van der Waals surface area contributed by atoms with Crippen LogP contribution in [-0.2, 0) is 20.7 Å². The normalized spacial score (nSPS) is 10.4. The van der Waals surface area contributed by atoms with Crippen molar-refractivity contribution >= 4 is 44.3 Å². The average Bonchev–Trinajstić information content (AvgIpc) is 2.62. The molecular formula is C20H16BrNO3. The highest BCUT2D eigenvalue weighted by Crippen LogP contribution is 2.22. The van der Waals surface area contributed by atoms with Gasteiger partial charge in [-0.15, -0.1) is 0 Å². The number of carbonyl (C=O) groups is 2. The van der Waals surface area contributed by atoms with E-state index in [1.165, 1.54) is 0 Å². The molecule has 0 aromatic heterocycles. The zero-order valence-corrected chi connectivity index (χ0v) is 15.0. The third-order valence-electron chi connectivity index (χ3n) is 3.69. The van der Waals surface area contributed by atoms with Gasteiger partial charge in [0, 0.05) is 15.5 Å². The molecule has 4 nitrogen and oxygen atoms in total. The van der Waals surface area contributed by atoms with Crippen LogP contribution < -0.4 is 5.32 Å². The van der Waals surface area contributed by atoms with Crippen molar-refractivity contribution < 1.29 is 14.3 Å². The molecule has 0 spiro atoms. The number of carbonyl (C=O) groups excluding carboxylic acids is 2. The first-order valence-electron chi connectivity index (χ1n) is 7.79. The van der Waals surface area contributed by atoms with Crippen molar-refractivity contribution in [1.29, 1.82) is 0 Å². The Morgan fingerprint density at radius 2 is 1.64 bits per heavy atom. The van der Waals surface area contributed by atoms with Crippen molar-refractivity contribution in [2.45, 2.75) is 6.42 Å². The van der Waals surface area contributed by atoms with E-state index in [0.29, 0.717) is 5.69 Å². The highest BCUT2D eigenvalue weighted by Gasteiger charge is 2.10. The van der Waals surface area contributed by atoms with Crippen LogP contribution in [0.3, 0.4) is 0 Å². The van der Waals surface area contributed by atoms with E-state index in [-0.39, 0.29) is 18.9 Å². The first-order chi connectivity index (χ1) is 12.1. The summed E-state index contributed by atoms with van der Waals surface area (Å²) in [6.45, 7) is -0.307. The monoisotopic (exact) mass is 397 g/mol. The first kappa shape index (κ1) is 17.2. The fourth-order valence-electron chi connectivity index (χ4n) is 2.49. The van der Waals surface area contributed by atoms with Gasteiger partial charge in [0.05, 0.1) is 6.42 Å². The largest absolute Gasteiger partial charge is 0.455 e. The third kappa shape index (κ3) is 4.67. The molecule has 25 heavy (non-hydrogen) atoms. The second-order valence-corrected chi connectivity index (χ2v) is 6.45. The van der Waals surface area contributed by atoms with E-state index in [2.05, 4.69) is 21.2 Å². The Bertz CT molecular complexity index is 901. The van der Waals surface area contributed by atoms with E-state index in [4.69, 9.17) is 4.74 Å². The Balaban J connectivity index is 1.55. The van der Waals surface area contributed by atoms with E-state index in [9.17, 15) is 9.59 Å². The molecule has 3 aromatic rings.